The van der Waals surface area contributed by atoms with E-state index in [0.717, 1.165) is 19.6 Å². The molecule has 1 saturated heterocycles. The zero-order chi connectivity index (χ0) is 19.5. The predicted molar refractivity (Wildman–Crippen MR) is 108 cm³/mol. The molecule has 4 rings (SSSR count). The van der Waals surface area contributed by atoms with Crippen LogP contribution in [0, 0.1) is 18.6 Å². The molecule has 1 fully saturated rings. The van der Waals surface area contributed by atoms with Crippen molar-refractivity contribution < 1.29 is 8.78 Å². The zero-order valence-electron chi connectivity index (χ0n) is 16.0. The Labute approximate surface area is 165 Å². The molecule has 0 bridgehead atoms. The van der Waals surface area contributed by atoms with Crippen molar-refractivity contribution in [3.05, 3.63) is 107 Å². The summed E-state index contributed by atoms with van der Waals surface area (Å²) in [5, 5.41) is 0. The molecule has 0 unspecified atom stereocenters. The Morgan fingerprint density at radius 3 is 2.18 bits per heavy atom. The van der Waals surface area contributed by atoms with Crippen molar-refractivity contribution in [2.24, 2.45) is 0 Å². The van der Waals surface area contributed by atoms with Gasteiger partial charge in [0.05, 0.1) is 6.17 Å². The summed E-state index contributed by atoms with van der Waals surface area (Å²) in [5.41, 5.74) is 3.70. The molecule has 3 aromatic rings. The highest BCUT2D eigenvalue weighted by Gasteiger charge is 2.35. The summed E-state index contributed by atoms with van der Waals surface area (Å²) in [6, 6.07) is 22.1. The van der Waals surface area contributed by atoms with Gasteiger partial charge in [-0.1, -0.05) is 66.2 Å². The summed E-state index contributed by atoms with van der Waals surface area (Å²) in [5.74, 6) is -0.436. The number of hydrogen-bond acceptors (Lipinski definition) is 2. The lowest BCUT2D eigenvalue weighted by atomic mass is 10.1. The molecule has 0 aliphatic carbocycles. The minimum Gasteiger partial charge on any atom is -0.278 e. The van der Waals surface area contributed by atoms with Gasteiger partial charge in [0, 0.05) is 37.3 Å². The highest BCUT2D eigenvalue weighted by atomic mass is 19.1. The SMILES string of the molecule is Cc1cccc(CN2CCN(Cc3ccccc3F)[C@H]2c2ccccc2F)c1. The number of aryl methyl sites for hydroxylation is 1. The zero-order valence-corrected chi connectivity index (χ0v) is 16.0. The Hall–Kier alpha value is -2.56. The number of benzene rings is 3. The summed E-state index contributed by atoms with van der Waals surface area (Å²) in [4.78, 5) is 4.43. The van der Waals surface area contributed by atoms with Gasteiger partial charge in [0.15, 0.2) is 0 Å². The second-order valence-corrected chi connectivity index (χ2v) is 7.42. The van der Waals surface area contributed by atoms with Gasteiger partial charge in [-0.15, -0.1) is 0 Å². The Morgan fingerprint density at radius 1 is 0.786 bits per heavy atom. The number of nitrogens with zero attached hydrogens (tertiary/aromatic N) is 2. The maximum absolute atomic E-state index is 14.7. The van der Waals surface area contributed by atoms with Crippen molar-refractivity contribution in [2.45, 2.75) is 26.2 Å². The first-order valence-corrected chi connectivity index (χ1v) is 9.63. The second kappa shape index (κ2) is 8.21. The Kier molecular flexibility index (Phi) is 5.51. The van der Waals surface area contributed by atoms with Gasteiger partial charge in [0.25, 0.3) is 0 Å². The monoisotopic (exact) mass is 378 g/mol. The molecule has 0 amide bonds. The average Bonchev–Trinajstić information content (AvgIpc) is 3.06. The highest BCUT2D eigenvalue weighted by molar-refractivity contribution is 5.26. The van der Waals surface area contributed by atoms with Crippen molar-refractivity contribution in [3.63, 3.8) is 0 Å². The minimum atomic E-state index is -0.221. The van der Waals surface area contributed by atoms with Crippen LogP contribution in [-0.2, 0) is 13.1 Å². The average molecular weight is 378 g/mol. The maximum atomic E-state index is 14.7. The van der Waals surface area contributed by atoms with Gasteiger partial charge in [0.2, 0.25) is 0 Å². The van der Waals surface area contributed by atoms with Crippen LogP contribution in [-0.4, -0.2) is 22.9 Å². The van der Waals surface area contributed by atoms with E-state index in [1.54, 1.807) is 18.2 Å². The molecule has 144 valence electrons. The lowest BCUT2D eigenvalue weighted by Gasteiger charge is -2.31. The number of halogens is 2. The molecule has 2 nitrogen and oxygen atoms in total. The molecule has 0 aromatic heterocycles. The van der Waals surface area contributed by atoms with Gasteiger partial charge in [-0.25, -0.2) is 8.78 Å². The first-order chi connectivity index (χ1) is 13.6. The highest BCUT2D eigenvalue weighted by Crippen LogP contribution is 2.34. The van der Waals surface area contributed by atoms with E-state index in [1.165, 1.54) is 23.3 Å². The van der Waals surface area contributed by atoms with Crippen LogP contribution in [0.25, 0.3) is 0 Å². The van der Waals surface area contributed by atoms with Gasteiger partial charge in [0.1, 0.15) is 11.6 Å². The third-order valence-electron chi connectivity index (χ3n) is 5.35. The van der Waals surface area contributed by atoms with Crippen LogP contribution in [0.15, 0.2) is 72.8 Å². The quantitative estimate of drug-likeness (QED) is 0.595. The molecule has 0 saturated carbocycles. The van der Waals surface area contributed by atoms with Crippen LogP contribution in [0.3, 0.4) is 0 Å². The molecular weight excluding hydrogens is 354 g/mol. The first-order valence-electron chi connectivity index (χ1n) is 9.63. The van der Waals surface area contributed by atoms with Crippen LogP contribution >= 0.6 is 0 Å². The standard InChI is InChI=1S/C24H24F2N2/c1-18-7-6-8-19(15-18)16-27-13-14-28(17-20-9-2-4-11-22(20)25)24(27)21-10-3-5-12-23(21)26/h2-12,15,24H,13-14,16-17H2,1H3/t24-/m0/s1. The van der Waals surface area contributed by atoms with E-state index in [9.17, 15) is 8.78 Å². The Bertz CT molecular complexity index is 957. The third-order valence-corrected chi connectivity index (χ3v) is 5.35. The van der Waals surface area contributed by atoms with Crippen molar-refractivity contribution >= 4 is 0 Å². The summed E-state index contributed by atoms with van der Waals surface area (Å²) in [6.45, 7) is 4.83. The van der Waals surface area contributed by atoms with Crippen LogP contribution in [0.4, 0.5) is 8.78 Å². The lowest BCUT2D eigenvalue weighted by molar-refractivity contribution is 0.121. The number of rotatable bonds is 5. The molecule has 0 spiro atoms. The van der Waals surface area contributed by atoms with E-state index >= 15 is 0 Å². The molecule has 1 atom stereocenters. The normalized spacial score (nSPS) is 17.9. The van der Waals surface area contributed by atoms with Crippen LogP contribution in [0.5, 0.6) is 0 Å². The molecule has 0 N–H and O–H groups in total. The van der Waals surface area contributed by atoms with Crippen molar-refractivity contribution in [3.8, 4) is 0 Å². The summed E-state index contributed by atoms with van der Waals surface area (Å²) < 4.78 is 28.9. The lowest BCUT2D eigenvalue weighted by Crippen LogP contribution is -2.31. The fraction of sp³-hybridized carbons (Fsp3) is 0.250. The van der Waals surface area contributed by atoms with E-state index in [2.05, 4.69) is 41.0 Å². The molecule has 0 radical (unpaired) electrons. The fourth-order valence-electron chi connectivity index (χ4n) is 4.03. The van der Waals surface area contributed by atoms with Gasteiger partial charge in [-0.3, -0.25) is 9.80 Å². The van der Waals surface area contributed by atoms with Crippen molar-refractivity contribution in [1.29, 1.82) is 0 Å². The van der Waals surface area contributed by atoms with Crippen LogP contribution in [0.1, 0.15) is 28.4 Å². The fourth-order valence-corrected chi connectivity index (χ4v) is 4.03. The topological polar surface area (TPSA) is 6.48 Å². The first kappa shape index (κ1) is 18.8. The molecule has 1 aliphatic rings. The van der Waals surface area contributed by atoms with E-state index in [1.807, 2.05) is 18.2 Å². The van der Waals surface area contributed by atoms with E-state index < -0.39 is 0 Å². The van der Waals surface area contributed by atoms with Crippen molar-refractivity contribution in [2.75, 3.05) is 13.1 Å². The summed E-state index contributed by atoms with van der Waals surface area (Å²) in [7, 11) is 0. The maximum Gasteiger partial charge on any atom is 0.129 e. The molecule has 3 aromatic carbocycles. The van der Waals surface area contributed by atoms with Gasteiger partial charge in [-0.05, 0) is 24.6 Å². The number of hydrogen-bond donors (Lipinski definition) is 0. The largest absolute Gasteiger partial charge is 0.278 e. The van der Waals surface area contributed by atoms with Gasteiger partial charge < -0.3 is 0 Å². The molecule has 4 heteroatoms. The third kappa shape index (κ3) is 3.98. The van der Waals surface area contributed by atoms with E-state index in [4.69, 9.17) is 0 Å². The van der Waals surface area contributed by atoms with Gasteiger partial charge >= 0.3 is 0 Å². The van der Waals surface area contributed by atoms with Crippen LogP contribution in [0.2, 0.25) is 0 Å². The molecular formula is C24H24F2N2. The summed E-state index contributed by atoms with van der Waals surface area (Å²) in [6.07, 6.45) is -0.221. The smallest absolute Gasteiger partial charge is 0.129 e. The second-order valence-electron chi connectivity index (χ2n) is 7.42. The molecule has 28 heavy (non-hydrogen) atoms. The van der Waals surface area contributed by atoms with E-state index in [-0.39, 0.29) is 17.8 Å². The minimum absolute atomic E-state index is 0.216. The Morgan fingerprint density at radius 2 is 1.46 bits per heavy atom. The Balaban J connectivity index is 1.65. The van der Waals surface area contributed by atoms with Crippen molar-refractivity contribution in [1.82, 2.24) is 9.80 Å². The summed E-state index contributed by atoms with van der Waals surface area (Å²) >= 11 is 0. The van der Waals surface area contributed by atoms with Crippen LogP contribution < -0.4 is 0 Å². The molecule has 1 aliphatic heterocycles. The molecule has 1 heterocycles. The van der Waals surface area contributed by atoms with E-state index in [0.29, 0.717) is 17.7 Å². The van der Waals surface area contributed by atoms with Gasteiger partial charge in [-0.2, -0.15) is 0 Å². The predicted octanol–water partition coefficient (Wildman–Crippen LogP) is 5.29.